The van der Waals surface area contributed by atoms with E-state index in [1.165, 1.54) is 12.2 Å². The Morgan fingerprint density at radius 2 is 1.39 bits per heavy atom. The molecule has 0 spiro atoms. The number of ether oxygens (including phenoxy) is 1. The van der Waals surface area contributed by atoms with Gasteiger partial charge in [0.25, 0.3) is 11.8 Å². The number of carbonyl (C=O) groups is 7. The van der Waals surface area contributed by atoms with Crippen molar-refractivity contribution in [2.75, 3.05) is 52.5 Å². The lowest BCUT2D eigenvalue weighted by molar-refractivity contribution is -0.137. The van der Waals surface area contributed by atoms with Crippen LogP contribution in [0.5, 0.6) is 0 Å². The van der Waals surface area contributed by atoms with Crippen molar-refractivity contribution >= 4 is 41.4 Å². The number of imide groups is 1. The Labute approximate surface area is 255 Å². The summed E-state index contributed by atoms with van der Waals surface area (Å²) < 4.78 is 5.05. The number of carbonyl (C=O) groups excluding carboxylic acids is 7. The van der Waals surface area contributed by atoms with Gasteiger partial charge < -0.3 is 36.4 Å². The van der Waals surface area contributed by atoms with Crippen LogP contribution in [0.25, 0.3) is 0 Å². The van der Waals surface area contributed by atoms with E-state index < -0.39 is 36.2 Å². The molecule has 1 aromatic rings. The number of aliphatic hydroxyl groups excluding tert-OH is 1. The minimum Gasteiger partial charge on any atom is -0.394 e. The van der Waals surface area contributed by atoms with Crippen LogP contribution in [0.4, 0.5) is 0 Å². The van der Waals surface area contributed by atoms with E-state index in [4.69, 9.17) is 9.84 Å². The molecule has 7 amide bonds. The zero-order valence-electron chi connectivity index (χ0n) is 24.5. The number of amides is 7. The molecule has 1 atom stereocenters. The Hall–Kier alpha value is -4.63. The maximum atomic E-state index is 12.8. The Balaban J connectivity index is 1.68. The standard InChI is InChI=1S/C29H40N6O9/c36-14-16-44-15-12-30-24(38)19-33-29(43)22(17-21-7-3-1-4-8-21)34-26(40)20-32-25(39)18-31-23(37)9-5-2-6-13-35-27(41)10-11-28(35)42/h1,3-4,7-8,10-11,22,36H,2,5-6,9,12-20H2,(H,30,38)(H,31,37)(H,32,39)(H,33,43)(H,34,40)/t22-/m0/s1. The molecule has 15 nitrogen and oxygen atoms in total. The maximum Gasteiger partial charge on any atom is 0.253 e. The quantitative estimate of drug-likeness (QED) is 0.0645. The molecule has 1 aliphatic heterocycles. The summed E-state index contributed by atoms with van der Waals surface area (Å²) >= 11 is 0. The first-order valence-electron chi connectivity index (χ1n) is 14.3. The van der Waals surface area contributed by atoms with E-state index in [1.54, 1.807) is 30.3 Å². The van der Waals surface area contributed by atoms with Crippen molar-refractivity contribution in [3.8, 4) is 0 Å². The normalized spacial score (nSPS) is 12.9. The van der Waals surface area contributed by atoms with E-state index >= 15 is 0 Å². The number of unbranched alkanes of at least 4 members (excludes halogenated alkanes) is 2. The Morgan fingerprint density at radius 3 is 2.09 bits per heavy atom. The maximum absolute atomic E-state index is 12.8. The molecule has 0 radical (unpaired) electrons. The molecule has 15 heteroatoms. The van der Waals surface area contributed by atoms with Crippen LogP contribution in [0.3, 0.4) is 0 Å². The predicted molar refractivity (Wildman–Crippen MR) is 156 cm³/mol. The number of nitrogens with zero attached hydrogens (tertiary/aromatic N) is 1. The van der Waals surface area contributed by atoms with Gasteiger partial charge in [0.05, 0.1) is 39.5 Å². The van der Waals surface area contributed by atoms with Gasteiger partial charge in [0.15, 0.2) is 0 Å². The molecule has 0 unspecified atom stereocenters. The molecule has 0 bridgehead atoms. The van der Waals surface area contributed by atoms with Gasteiger partial charge in [-0.3, -0.25) is 38.5 Å². The molecule has 1 aliphatic rings. The van der Waals surface area contributed by atoms with Crippen molar-refractivity contribution in [1.29, 1.82) is 0 Å². The van der Waals surface area contributed by atoms with Crippen LogP contribution in [-0.2, 0) is 44.7 Å². The van der Waals surface area contributed by atoms with Gasteiger partial charge in [-0.05, 0) is 18.4 Å². The lowest BCUT2D eigenvalue weighted by Crippen LogP contribution is -2.52. The van der Waals surface area contributed by atoms with Crippen molar-refractivity contribution in [3.63, 3.8) is 0 Å². The fourth-order valence-corrected chi connectivity index (χ4v) is 3.98. The molecule has 240 valence electrons. The van der Waals surface area contributed by atoms with Crippen LogP contribution in [-0.4, -0.2) is 110 Å². The number of hydrogen-bond donors (Lipinski definition) is 6. The summed E-state index contributed by atoms with van der Waals surface area (Å²) in [5.74, 6) is -3.35. The minimum atomic E-state index is -1.03. The van der Waals surface area contributed by atoms with Gasteiger partial charge in [0.2, 0.25) is 29.5 Å². The molecule has 44 heavy (non-hydrogen) atoms. The molecule has 0 saturated heterocycles. The SMILES string of the molecule is O=C(CCCCCN1C(=O)C=CC1=O)NCC(=O)NCC(=O)N[C@@H](Cc1ccccc1)C(=O)NCC(=O)NCCOCCO. The number of rotatable bonds is 21. The van der Waals surface area contributed by atoms with Gasteiger partial charge in [0.1, 0.15) is 6.04 Å². The van der Waals surface area contributed by atoms with Crippen LogP contribution >= 0.6 is 0 Å². The zero-order chi connectivity index (χ0) is 32.2. The average Bonchev–Trinajstić information content (AvgIpc) is 3.33. The van der Waals surface area contributed by atoms with Crippen molar-refractivity contribution in [2.45, 2.75) is 38.1 Å². The summed E-state index contributed by atoms with van der Waals surface area (Å²) in [5, 5.41) is 21.1. The highest BCUT2D eigenvalue weighted by atomic mass is 16.5. The van der Waals surface area contributed by atoms with Crippen molar-refractivity contribution in [3.05, 3.63) is 48.0 Å². The van der Waals surface area contributed by atoms with E-state index in [0.29, 0.717) is 19.3 Å². The van der Waals surface area contributed by atoms with Crippen molar-refractivity contribution in [2.24, 2.45) is 0 Å². The van der Waals surface area contributed by atoms with E-state index in [0.717, 1.165) is 10.5 Å². The number of hydrogen-bond acceptors (Lipinski definition) is 9. The zero-order valence-corrected chi connectivity index (χ0v) is 24.5. The van der Waals surface area contributed by atoms with E-state index in [2.05, 4.69) is 26.6 Å². The highest BCUT2D eigenvalue weighted by Crippen LogP contribution is 2.08. The summed E-state index contributed by atoms with van der Waals surface area (Å²) in [6.07, 6.45) is 4.40. The third kappa shape index (κ3) is 14.5. The topological polar surface area (TPSA) is 212 Å². The molecular formula is C29H40N6O9. The average molecular weight is 617 g/mol. The van der Waals surface area contributed by atoms with Crippen LogP contribution in [0.2, 0.25) is 0 Å². The Morgan fingerprint density at radius 1 is 0.750 bits per heavy atom. The van der Waals surface area contributed by atoms with Gasteiger partial charge in [-0.25, -0.2) is 0 Å². The highest BCUT2D eigenvalue weighted by Gasteiger charge is 2.23. The van der Waals surface area contributed by atoms with Gasteiger partial charge in [-0.15, -0.1) is 0 Å². The second-order valence-electron chi connectivity index (χ2n) is 9.74. The minimum absolute atomic E-state index is 0.130. The van der Waals surface area contributed by atoms with E-state index in [1.807, 2.05) is 0 Å². The molecular weight excluding hydrogens is 576 g/mol. The molecule has 1 heterocycles. The summed E-state index contributed by atoms with van der Waals surface area (Å²) in [7, 11) is 0. The van der Waals surface area contributed by atoms with Crippen LogP contribution < -0.4 is 26.6 Å². The molecule has 0 aromatic heterocycles. The smallest absolute Gasteiger partial charge is 0.253 e. The lowest BCUT2D eigenvalue weighted by atomic mass is 10.1. The van der Waals surface area contributed by atoms with E-state index in [9.17, 15) is 33.6 Å². The second kappa shape index (κ2) is 20.3. The van der Waals surface area contributed by atoms with Gasteiger partial charge >= 0.3 is 0 Å². The van der Waals surface area contributed by atoms with Crippen molar-refractivity contribution in [1.82, 2.24) is 31.5 Å². The van der Waals surface area contributed by atoms with Gasteiger partial charge in [0, 0.05) is 38.1 Å². The Kier molecular flexibility index (Phi) is 16.4. The summed E-state index contributed by atoms with van der Waals surface area (Å²) in [4.78, 5) is 85.7. The fraction of sp³-hybridized carbons (Fsp3) is 0.483. The summed E-state index contributed by atoms with van der Waals surface area (Å²) in [5.41, 5.74) is 0.764. The summed E-state index contributed by atoms with van der Waals surface area (Å²) in [6.45, 7) is -0.413. The second-order valence-corrected chi connectivity index (χ2v) is 9.74. The molecule has 1 aromatic carbocycles. The highest BCUT2D eigenvalue weighted by molar-refractivity contribution is 6.12. The number of aliphatic hydroxyl groups is 1. The fourth-order valence-electron chi connectivity index (χ4n) is 3.98. The predicted octanol–water partition coefficient (Wildman–Crippen LogP) is -2.33. The monoisotopic (exact) mass is 616 g/mol. The first-order chi connectivity index (χ1) is 21.2. The van der Waals surface area contributed by atoms with Crippen LogP contribution in [0, 0.1) is 0 Å². The molecule has 2 rings (SSSR count). The molecule has 6 N–H and O–H groups in total. The Bertz CT molecular complexity index is 1160. The molecule has 0 saturated carbocycles. The third-order valence-electron chi connectivity index (χ3n) is 6.24. The van der Waals surface area contributed by atoms with Crippen LogP contribution in [0.1, 0.15) is 31.2 Å². The lowest BCUT2D eigenvalue weighted by Gasteiger charge is -2.19. The van der Waals surface area contributed by atoms with Crippen LogP contribution in [0.15, 0.2) is 42.5 Å². The number of benzene rings is 1. The van der Waals surface area contributed by atoms with Crippen molar-refractivity contribution < 1.29 is 43.4 Å². The molecule has 0 aliphatic carbocycles. The third-order valence-corrected chi connectivity index (χ3v) is 6.24. The molecule has 0 fully saturated rings. The summed E-state index contributed by atoms with van der Waals surface area (Å²) in [6, 6.07) is 7.90. The van der Waals surface area contributed by atoms with Gasteiger partial charge in [-0.1, -0.05) is 36.8 Å². The first-order valence-corrected chi connectivity index (χ1v) is 14.3. The van der Waals surface area contributed by atoms with Gasteiger partial charge in [-0.2, -0.15) is 0 Å². The van der Waals surface area contributed by atoms with E-state index in [-0.39, 0.29) is 76.6 Å². The largest absolute Gasteiger partial charge is 0.394 e. The first kappa shape index (κ1) is 35.6. The number of nitrogens with one attached hydrogen (secondary N) is 5.